The van der Waals surface area contributed by atoms with Crippen LogP contribution in [0.3, 0.4) is 0 Å². The van der Waals surface area contributed by atoms with Gasteiger partial charge in [0, 0.05) is 11.5 Å². The van der Waals surface area contributed by atoms with Crippen LogP contribution in [-0.4, -0.2) is 31.3 Å². The Hall–Kier alpha value is -3.46. The zero-order valence-corrected chi connectivity index (χ0v) is 21.6. The largest absolute Gasteiger partial charge is 0.478 e. The first-order chi connectivity index (χ1) is 18.3. The highest BCUT2D eigenvalue weighted by atomic mass is 35.5. The van der Waals surface area contributed by atoms with Gasteiger partial charge in [0.15, 0.2) is 0 Å². The molecule has 0 aliphatic heterocycles. The molecule has 8 nitrogen and oxygen atoms in total. The van der Waals surface area contributed by atoms with Crippen LogP contribution in [0, 0.1) is 0 Å². The van der Waals surface area contributed by atoms with Crippen LogP contribution in [0.4, 0.5) is 0 Å². The van der Waals surface area contributed by atoms with E-state index in [1.54, 1.807) is 36.4 Å². The highest BCUT2D eigenvalue weighted by Crippen LogP contribution is 2.50. The van der Waals surface area contributed by atoms with Crippen molar-refractivity contribution in [2.45, 2.75) is 49.7 Å². The van der Waals surface area contributed by atoms with Crippen LogP contribution in [0.5, 0.6) is 5.88 Å². The summed E-state index contributed by atoms with van der Waals surface area (Å²) in [7, 11) is 0. The number of aliphatic hydroxyl groups is 1. The Balaban J connectivity index is 1.16. The number of halogens is 2. The number of ether oxygens (including phenoxy) is 1. The van der Waals surface area contributed by atoms with Crippen molar-refractivity contribution in [1.29, 1.82) is 0 Å². The van der Waals surface area contributed by atoms with Gasteiger partial charge in [-0.3, -0.25) is 4.98 Å². The van der Waals surface area contributed by atoms with Gasteiger partial charge < -0.3 is 19.5 Å². The molecule has 0 bridgehead atoms. The van der Waals surface area contributed by atoms with E-state index in [2.05, 4.69) is 15.1 Å². The average molecular weight is 552 g/mol. The third-order valence-corrected chi connectivity index (χ3v) is 7.84. The number of hydrogen-bond acceptors (Lipinski definition) is 7. The molecule has 0 unspecified atom stereocenters. The highest BCUT2D eigenvalue weighted by molar-refractivity contribution is 6.39. The van der Waals surface area contributed by atoms with Crippen molar-refractivity contribution in [3.05, 3.63) is 93.0 Å². The monoisotopic (exact) mass is 551 g/mol. The number of carbonyl (C=O) groups is 1. The number of benzene rings is 2. The summed E-state index contributed by atoms with van der Waals surface area (Å²) in [6.07, 6.45) is 5.90. The van der Waals surface area contributed by atoms with Crippen LogP contribution in [-0.2, 0) is 12.2 Å². The summed E-state index contributed by atoms with van der Waals surface area (Å²) in [6, 6.07) is 12.1. The van der Waals surface area contributed by atoms with E-state index >= 15 is 0 Å². The lowest BCUT2D eigenvalue weighted by atomic mass is 9.66. The Kier molecular flexibility index (Phi) is 6.34. The second kappa shape index (κ2) is 9.69. The number of carboxylic acid groups (broad SMARTS) is 1. The first kappa shape index (κ1) is 24.9. The summed E-state index contributed by atoms with van der Waals surface area (Å²) < 4.78 is 11.6. The summed E-state index contributed by atoms with van der Waals surface area (Å²) in [6.45, 7) is 0.145. The molecule has 2 aromatic heterocycles. The maximum absolute atomic E-state index is 11.3. The summed E-state index contributed by atoms with van der Waals surface area (Å²) >= 11 is 12.9. The predicted octanol–water partition coefficient (Wildman–Crippen LogP) is 6.36. The summed E-state index contributed by atoms with van der Waals surface area (Å²) in [4.78, 5) is 20.0. The molecule has 194 valence electrons. The van der Waals surface area contributed by atoms with Crippen LogP contribution >= 0.6 is 23.2 Å². The smallest absolute Gasteiger partial charge is 0.335 e. The van der Waals surface area contributed by atoms with E-state index in [-0.39, 0.29) is 18.1 Å². The quantitative estimate of drug-likeness (QED) is 0.259. The van der Waals surface area contributed by atoms with Crippen molar-refractivity contribution in [2.75, 3.05) is 0 Å². The molecule has 2 heterocycles. The van der Waals surface area contributed by atoms with E-state index in [9.17, 15) is 15.0 Å². The molecule has 2 fully saturated rings. The highest BCUT2D eigenvalue weighted by Gasteiger charge is 2.46. The SMILES string of the molecule is O=C(O)c1cccc(C2CC(O)(c3cnc(OCc4c(-c5c(Cl)cccc5Cl)noc4C4CC4)cn3)C2)c1. The summed E-state index contributed by atoms with van der Waals surface area (Å²) in [5.41, 5.74) is 2.36. The predicted molar refractivity (Wildman–Crippen MR) is 140 cm³/mol. The topological polar surface area (TPSA) is 119 Å². The van der Waals surface area contributed by atoms with Gasteiger partial charge in [0.2, 0.25) is 5.88 Å². The molecule has 0 spiro atoms. The standard InChI is InChI=1S/C28H23Cl2N3O5/c29-20-5-2-6-21(30)24(20)25-19(26(38-33-25)15-7-8-15)14-37-23-13-31-22(12-32-23)28(36)10-18(11-28)16-3-1-4-17(9-16)27(34)35/h1-6,9,12-13,15,18,36H,7-8,10-11,14H2,(H,34,35). The molecule has 0 amide bonds. The number of hydrogen-bond donors (Lipinski definition) is 2. The molecular formula is C28H23Cl2N3O5. The second-order valence-corrected chi connectivity index (χ2v) is 10.7. The average Bonchev–Trinajstić information content (AvgIpc) is 3.66. The number of aromatic carboxylic acids is 1. The van der Waals surface area contributed by atoms with Crippen LogP contribution in [0.1, 0.15) is 70.5 Å². The van der Waals surface area contributed by atoms with Gasteiger partial charge in [-0.05, 0) is 61.4 Å². The minimum absolute atomic E-state index is 0.0431. The fourth-order valence-electron chi connectivity index (χ4n) is 4.95. The van der Waals surface area contributed by atoms with E-state index in [4.69, 9.17) is 32.5 Å². The Bertz CT molecular complexity index is 1490. The molecule has 2 aliphatic rings. The molecule has 0 saturated heterocycles. The lowest BCUT2D eigenvalue weighted by molar-refractivity contribution is -0.0590. The molecular weight excluding hydrogens is 529 g/mol. The first-order valence-electron chi connectivity index (χ1n) is 12.3. The van der Waals surface area contributed by atoms with Crippen LogP contribution in [0.2, 0.25) is 10.0 Å². The zero-order valence-electron chi connectivity index (χ0n) is 20.1. The van der Waals surface area contributed by atoms with Crippen molar-refractivity contribution in [3.63, 3.8) is 0 Å². The number of nitrogens with zero attached hydrogens (tertiary/aromatic N) is 3. The van der Waals surface area contributed by atoms with Gasteiger partial charge in [0.25, 0.3) is 0 Å². The third kappa shape index (κ3) is 4.64. The molecule has 10 heteroatoms. The van der Waals surface area contributed by atoms with E-state index in [1.807, 2.05) is 6.07 Å². The molecule has 38 heavy (non-hydrogen) atoms. The molecule has 2 saturated carbocycles. The lowest BCUT2D eigenvalue weighted by Crippen LogP contribution is -2.40. The fraction of sp³-hybridized carbons (Fsp3) is 0.286. The molecule has 0 atom stereocenters. The normalized spacial score (nSPS) is 20.7. The van der Waals surface area contributed by atoms with Crippen molar-refractivity contribution >= 4 is 29.2 Å². The number of carboxylic acids is 1. The third-order valence-electron chi connectivity index (χ3n) is 7.21. The van der Waals surface area contributed by atoms with Gasteiger partial charge in [-0.1, -0.05) is 46.6 Å². The van der Waals surface area contributed by atoms with Crippen molar-refractivity contribution in [1.82, 2.24) is 15.1 Å². The minimum atomic E-state index is -1.13. The zero-order chi connectivity index (χ0) is 26.4. The number of aromatic nitrogens is 3. The van der Waals surface area contributed by atoms with Crippen LogP contribution in [0.25, 0.3) is 11.3 Å². The molecule has 0 radical (unpaired) electrons. The maximum Gasteiger partial charge on any atom is 0.335 e. The lowest BCUT2D eigenvalue weighted by Gasteiger charge is -2.43. The van der Waals surface area contributed by atoms with Gasteiger partial charge in [0.05, 0.1) is 39.3 Å². The van der Waals surface area contributed by atoms with Gasteiger partial charge in [0.1, 0.15) is 23.7 Å². The maximum atomic E-state index is 11.3. The van der Waals surface area contributed by atoms with Gasteiger partial charge in [-0.15, -0.1) is 0 Å². The second-order valence-electron chi connectivity index (χ2n) is 9.84. The van der Waals surface area contributed by atoms with Gasteiger partial charge >= 0.3 is 5.97 Å². The van der Waals surface area contributed by atoms with Crippen molar-refractivity contribution in [2.24, 2.45) is 0 Å². The van der Waals surface area contributed by atoms with Crippen molar-refractivity contribution < 1.29 is 24.3 Å². The fourth-order valence-corrected chi connectivity index (χ4v) is 5.53. The minimum Gasteiger partial charge on any atom is -0.478 e. The van der Waals surface area contributed by atoms with E-state index in [1.165, 1.54) is 12.4 Å². The van der Waals surface area contributed by atoms with Crippen LogP contribution < -0.4 is 4.74 Å². The molecule has 2 N–H and O–H groups in total. The van der Waals surface area contributed by atoms with Gasteiger partial charge in [-0.2, -0.15) is 0 Å². The summed E-state index contributed by atoms with van der Waals surface area (Å²) in [5, 5.41) is 25.5. The van der Waals surface area contributed by atoms with Gasteiger partial charge in [-0.25, -0.2) is 9.78 Å². The molecule has 4 aromatic rings. The van der Waals surface area contributed by atoms with Crippen molar-refractivity contribution in [3.8, 4) is 17.1 Å². The molecule has 6 rings (SSSR count). The molecule has 2 aromatic carbocycles. The Morgan fingerprint density at radius 1 is 1.05 bits per heavy atom. The number of rotatable bonds is 8. The van der Waals surface area contributed by atoms with E-state index < -0.39 is 11.6 Å². The Labute approximate surface area is 228 Å². The van der Waals surface area contributed by atoms with Crippen LogP contribution in [0.15, 0.2) is 59.4 Å². The van der Waals surface area contributed by atoms with E-state index in [0.29, 0.717) is 51.6 Å². The summed E-state index contributed by atoms with van der Waals surface area (Å²) in [5.74, 6) is 0.424. The van der Waals surface area contributed by atoms with E-state index in [0.717, 1.165) is 29.7 Å². The molecule has 2 aliphatic carbocycles. The Morgan fingerprint density at radius 3 is 2.45 bits per heavy atom. The first-order valence-corrected chi connectivity index (χ1v) is 13.0. The Morgan fingerprint density at radius 2 is 1.79 bits per heavy atom.